The van der Waals surface area contributed by atoms with Gasteiger partial charge >= 0.3 is 0 Å². The lowest BCUT2D eigenvalue weighted by atomic mass is 10.2. The zero-order chi connectivity index (χ0) is 14.8. The molecule has 1 aromatic carbocycles. The highest BCUT2D eigenvalue weighted by Gasteiger charge is 2.30. The summed E-state index contributed by atoms with van der Waals surface area (Å²) in [4.78, 5) is 6.34. The zero-order valence-corrected chi connectivity index (χ0v) is 12.8. The number of hydrogen-bond donors (Lipinski definition) is 1. The molecule has 0 bridgehead atoms. The molecule has 21 heavy (non-hydrogen) atoms. The SMILES string of the molecule is CN(Cc1ncc(-c2ccc(Cl)cc2)o1)CC(O)C1CC1. The summed E-state index contributed by atoms with van der Waals surface area (Å²) in [6, 6.07) is 7.48. The van der Waals surface area contributed by atoms with Gasteiger partial charge in [-0.1, -0.05) is 11.6 Å². The molecule has 1 heterocycles. The molecule has 1 fully saturated rings. The van der Waals surface area contributed by atoms with Crippen molar-refractivity contribution in [3.8, 4) is 11.3 Å². The van der Waals surface area contributed by atoms with Crippen molar-refractivity contribution in [1.82, 2.24) is 9.88 Å². The molecule has 1 aliphatic rings. The van der Waals surface area contributed by atoms with Gasteiger partial charge in [-0.25, -0.2) is 4.98 Å². The van der Waals surface area contributed by atoms with Crippen LogP contribution in [-0.4, -0.2) is 34.7 Å². The summed E-state index contributed by atoms with van der Waals surface area (Å²) in [5.74, 6) is 1.88. The van der Waals surface area contributed by atoms with E-state index in [1.165, 1.54) is 0 Å². The number of halogens is 1. The van der Waals surface area contributed by atoms with Crippen molar-refractivity contribution in [2.45, 2.75) is 25.5 Å². The van der Waals surface area contributed by atoms with Crippen LogP contribution >= 0.6 is 11.6 Å². The fraction of sp³-hybridized carbons (Fsp3) is 0.438. The predicted molar refractivity (Wildman–Crippen MR) is 82.0 cm³/mol. The maximum Gasteiger partial charge on any atom is 0.209 e. The molecule has 1 unspecified atom stereocenters. The van der Waals surface area contributed by atoms with Gasteiger partial charge in [0.25, 0.3) is 0 Å². The van der Waals surface area contributed by atoms with Crippen LogP contribution in [-0.2, 0) is 6.54 Å². The molecule has 4 nitrogen and oxygen atoms in total. The Labute approximate surface area is 129 Å². The number of aromatic nitrogens is 1. The average Bonchev–Trinajstić information content (AvgIpc) is 3.21. The highest BCUT2D eigenvalue weighted by molar-refractivity contribution is 6.30. The molecule has 1 saturated carbocycles. The number of nitrogens with zero attached hydrogens (tertiary/aromatic N) is 2. The van der Waals surface area contributed by atoms with Gasteiger partial charge in [0.05, 0.1) is 18.8 Å². The van der Waals surface area contributed by atoms with E-state index in [1.807, 2.05) is 36.2 Å². The Bertz CT molecular complexity index is 593. The third kappa shape index (κ3) is 3.84. The predicted octanol–water partition coefficient (Wildman–Crippen LogP) is 3.20. The Morgan fingerprint density at radius 3 is 2.76 bits per heavy atom. The van der Waals surface area contributed by atoms with Gasteiger partial charge in [0.1, 0.15) is 0 Å². The molecule has 1 aliphatic carbocycles. The van der Waals surface area contributed by atoms with Gasteiger partial charge in [0, 0.05) is 17.1 Å². The molecule has 0 amide bonds. The van der Waals surface area contributed by atoms with Crippen molar-refractivity contribution in [3.63, 3.8) is 0 Å². The van der Waals surface area contributed by atoms with E-state index in [0.717, 1.165) is 24.2 Å². The summed E-state index contributed by atoms with van der Waals surface area (Å²) in [6.07, 6.45) is 3.79. The fourth-order valence-corrected chi connectivity index (χ4v) is 2.50. The van der Waals surface area contributed by atoms with Crippen molar-refractivity contribution >= 4 is 11.6 Å². The lowest BCUT2D eigenvalue weighted by molar-refractivity contribution is 0.100. The second kappa shape index (κ2) is 6.18. The molecule has 0 radical (unpaired) electrons. The largest absolute Gasteiger partial charge is 0.439 e. The average molecular weight is 307 g/mol. The van der Waals surface area contributed by atoms with Gasteiger partial charge in [0.15, 0.2) is 5.76 Å². The van der Waals surface area contributed by atoms with Gasteiger partial charge in [0.2, 0.25) is 5.89 Å². The minimum absolute atomic E-state index is 0.235. The van der Waals surface area contributed by atoms with Crippen LogP contribution in [0.2, 0.25) is 5.02 Å². The van der Waals surface area contributed by atoms with Crippen LogP contribution < -0.4 is 0 Å². The van der Waals surface area contributed by atoms with Gasteiger partial charge in [-0.3, -0.25) is 4.90 Å². The summed E-state index contributed by atoms with van der Waals surface area (Å²) in [7, 11) is 1.97. The van der Waals surface area contributed by atoms with Crippen molar-refractivity contribution in [2.75, 3.05) is 13.6 Å². The molecule has 1 N–H and O–H groups in total. The maximum absolute atomic E-state index is 9.94. The van der Waals surface area contributed by atoms with Crippen LogP contribution in [0.25, 0.3) is 11.3 Å². The number of likely N-dealkylation sites (N-methyl/N-ethyl adjacent to an activating group) is 1. The van der Waals surface area contributed by atoms with Gasteiger partial charge in [-0.2, -0.15) is 0 Å². The molecule has 112 valence electrons. The van der Waals surface area contributed by atoms with E-state index in [9.17, 15) is 5.11 Å². The van der Waals surface area contributed by atoms with E-state index < -0.39 is 0 Å². The van der Waals surface area contributed by atoms with Gasteiger partial charge in [-0.05, 0) is 50.1 Å². The van der Waals surface area contributed by atoms with Crippen LogP contribution in [0.15, 0.2) is 34.9 Å². The third-order valence-corrected chi connectivity index (χ3v) is 4.00. The fourth-order valence-electron chi connectivity index (χ4n) is 2.38. The standard InChI is InChI=1S/C16H19ClN2O2/c1-19(9-14(20)11-2-3-11)10-16-18-8-15(21-16)12-4-6-13(17)7-5-12/h4-8,11,14,20H,2-3,9-10H2,1H3. The number of hydrogen-bond acceptors (Lipinski definition) is 4. The van der Waals surface area contributed by atoms with E-state index in [1.54, 1.807) is 6.20 Å². The van der Waals surface area contributed by atoms with E-state index in [0.29, 0.717) is 29.9 Å². The maximum atomic E-state index is 9.94. The number of aliphatic hydroxyl groups excluding tert-OH is 1. The first kappa shape index (κ1) is 14.6. The summed E-state index contributed by atoms with van der Waals surface area (Å²) < 4.78 is 5.76. The smallest absolute Gasteiger partial charge is 0.209 e. The van der Waals surface area contributed by atoms with Crippen molar-refractivity contribution in [3.05, 3.63) is 41.4 Å². The Morgan fingerprint density at radius 2 is 2.10 bits per heavy atom. The molecule has 3 rings (SSSR count). The van der Waals surface area contributed by atoms with Crippen molar-refractivity contribution in [1.29, 1.82) is 0 Å². The van der Waals surface area contributed by atoms with Gasteiger partial charge in [-0.15, -0.1) is 0 Å². The molecular formula is C16H19ClN2O2. The van der Waals surface area contributed by atoms with Gasteiger partial charge < -0.3 is 9.52 Å². The van der Waals surface area contributed by atoms with Crippen LogP contribution in [0.1, 0.15) is 18.7 Å². The first-order valence-electron chi connectivity index (χ1n) is 7.19. The summed E-state index contributed by atoms with van der Waals surface area (Å²) in [6.45, 7) is 1.25. The summed E-state index contributed by atoms with van der Waals surface area (Å²) in [5, 5.41) is 10.6. The molecule has 5 heteroatoms. The van der Waals surface area contributed by atoms with E-state index >= 15 is 0 Å². The first-order valence-corrected chi connectivity index (χ1v) is 7.57. The third-order valence-electron chi connectivity index (χ3n) is 3.75. The molecule has 1 atom stereocenters. The van der Waals surface area contributed by atoms with Crippen LogP contribution in [0, 0.1) is 5.92 Å². The summed E-state index contributed by atoms with van der Waals surface area (Å²) in [5.41, 5.74) is 0.957. The second-order valence-electron chi connectivity index (χ2n) is 5.73. The quantitative estimate of drug-likeness (QED) is 0.890. The Hall–Kier alpha value is -1.36. The highest BCUT2D eigenvalue weighted by atomic mass is 35.5. The first-order chi connectivity index (χ1) is 10.1. The number of rotatable bonds is 6. The van der Waals surface area contributed by atoms with Crippen LogP contribution in [0.4, 0.5) is 0 Å². The lowest BCUT2D eigenvalue weighted by Gasteiger charge is -2.18. The Balaban J connectivity index is 1.60. The molecular weight excluding hydrogens is 288 g/mol. The van der Waals surface area contributed by atoms with E-state index in [2.05, 4.69) is 4.98 Å². The monoisotopic (exact) mass is 306 g/mol. The minimum atomic E-state index is -0.235. The molecule has 1 aromatic heterocycles. The van der Waals surface area contributed by atoms with Crippen LogP contribution in [0.5, 0.6) is 0 Å². The number of aliphatic hydroxyl groups is 1. The molecule has 0 spiro atoms. The minimum Gasteiger partial charge on any atom is -0.439 e. The van der Waals surface area contributed by atoms with Crippen molar-refractivity contribution < 1.29 is 9.52 Å². The zero-order valence-electron chi connectivity index (χ0n) is 12.0. The topological polar surface area (TPSA) is 49.5 Å². The second-order valence-corrected chi connectivity index (χ2v) is 6.16. The Morgan fingerprint density at radius 1 is 1.38 bits per heavy atom. The molecule has 0 aliphatic heterocycles. The number of oxazole rings is 1. The number of benzene rings is 1. The van der Waals surface area contributed by atoms with Crippen LogP contribution in [0.3, 0.4) is 0 Å². The molecule has 0 saturated heterocycles. The molecule has 2 aromatic rings. The highest BCUT2D eigenvalue weighted by Crippen LogP contribution is 2.32. The Kier molecular flexibility index (Phi) is 4.29. The lowest BCUT2D eigenvalue weighted by Crippen LogP contribution is -2.30. The van der Waals surface area contributed by atoms with E-state index in [-0.39, 0.29) is 6.10 Å². The summed E-state index contributed by atoms with van der Waals surface area (Å²) >= 11 is 5.88. The normalized spacial score (nSPS) is 16.4. The van der Waals surface area contributed by atoms with Crippen molar-refractivity contribution in [2.24, 2.45) is 5.92 Å². The van der Waals surface area contributed by atoms with E-state index in [4.69, 9.17) is 16.0 Å².